The van der Waals surface area contributed by atoms with Gasteiger partial charge < -0.3 is 5.73 Å². The average Bonchev–Trinajstić information content (AvgIpc) is 2.73. The number of thioether (sulfide) groups is 1. The summed E-state index contributed by atoms with van der Waals surface area (Å²) in [5.41, 5.74) is 9.14. The van der Waals surface area contributed by atoms with Crippen molar-refractivity contribution in [3.63, 3.8) is 0 Å². The Morgan fingerprint density at radius 1 is 1.37 bits per heavy atom. The molecule has 1 fully saturated rings. The number of aromatic nitrogens is 3. The number of aryl methyl sites for hydroxylation is 1. The largest absolute Gasteiger partial charge is 0.369 e. The molecule has 0 amide bonds. The van der Waals surface area contributed by atoms with E-state index in [2.05, 4.69) is 26.9 Å². The van der Waals surface area contributed by atoms with Gasteiger partial charge in [0, 0.05) is 11.4 Å². The smallest absolute Gasteiger partial charge is 0.202 e. The van der Waals surface area contributed by atoms with E-state index in [0.717, 1.165) is 16.7 Å². The zero-order chi connectivity index (χ0) is 13.4. The molecule has 19 heavy (non-hydrogen) atoms. The fraction of sp³-hybridized carbons (Fsp3) is 0.571. The summed E-state index contributed by atoms with van der Waals surface area (Å²) in [7, 11) is 0. The summed E-state index contributed by atoms with van der Waals surface area (Å²) in [4.78, 5) is 9.04. The van der Waals surface area contributed by atoms with Crippen molar-refractivity contribution in [1.82, 2.24) is 14.5 Å². The molecule has 1 aliphatic carbocycles. The summed E-state index contributed by atoms with van der Waals surface area (Å²) in [6.45, 7) is 2.03. The van der Waals surface area contributed by atoms with E-state index < -0.39 is 0 Å². The lowest BCUT2D eigenvalue weighted by atomic mass is 9.94. The number of rotatable bonds is 2. The maximum absolute atomic E-state index is 6.15. The number of nitrogens with zero attached hydrogens (tertiary/aromatic N) is 3. The Labute approximate surface area is 117 Å². The van der Waals surface area contributed by atoms with Gasteiger partial charge in [-0.3, -0.25) is 4.57 Å². The molecule has 1 saturated carbocycles. The number of pyridine rings is 1. The van der Waals surface area contributed by atoms with Gasteiger partial charge in [0.2, 0.25) is 5.95 Å². The Kier molecular flexibility index (Phi) is 3.39. The van der Waals surface area contributed by atoms with Crippen LogP contribution < -0.4 is 5.73 Å². The standard InChI is InChI=1S/C14H20N4S/c1-9-7-10-13(16-8-9)18(14(15)17-10)11-5-3-4-6-12(11)19-2/h7-8,11-12H,3-6H2,1-2H3,(H2,15,17). The van der Waals surface area contributed by atoms with Crippen molar-refractivity contribution in [3.8, 4) is 0 Å². The third kappa shape index (κ3) is 2.20. The van der Waals surface area contributed by atoms with Crippen LogP contribution in [-0.2, 0) is 0 Å². The zero-order valence-electron chi connectivity index (χ0n) is 11.5. The van der Waals surface area contributed by atoms with Crippen LogP contribution in [0.3, 0.4) is 0 Å². The molecule has 2 atom stereocenters. The van der Waals surface area contributed by atoms with Crippen molar-refractivity contribution < 1.29 is 0 Å². The Morgan fingerprint density at radius 3 is 2.95 bits per heavy atom. The molecule has 0 saturated heterocycles. The van der Waals surface area contributed by atoms with Gasteiger partial charge in [0.1, 0.15) is 5.52 Å². The van der Waals surface area contributed by atoms with E-state index in [0.29, 0.717) is 17.2 Å². The molecule has 2 aromatic rings. The summed E-state index contributed by atoms with van der Waals surface area (Å²) >= 11 is 1.94. The second-order valence-corrected chi connectivity index (χ2v) is 6.40. The SMILES string of the molecule is CSC1CCCCC1n1c(N)nc2cc(C)cnc21. The Morgan fingerprint density at radius 2 is 2.16 bits per heavy atom. The Hall–Kier alpha value is -1.23. The van der Waals surface area contributed by atoms with Gasteiger partial charge in [-0.2, -0.15) is 11.8 Å². The van der Waals surface area contributed by atoms with E-state index in [9.17, 15) is 0 Å². The minimum Gasteiger partial charge on any atom is -0.369 e. The molecule has 1 aliphatic rings. The van der Waals surface area contributed by atoms with E-state index in [1.165, 1.54) is 25.7 Å². The predicted molar refractivity (Wildman–Crippen MR) is 81.5 cm³/mol. The van der Waals surface area contributed by atoms with Crippen molar-refractivity contribution in [1.29, 1.82) is 0 Å². The molecule has 0 bridgehead atoms. The molecule has 5 heteroatoms. The fourth-order valence-electron chi connectivity index (χ4n) is 3.07. The monoisotopic (exact) mass is 276 g/mol. The van der Waals surface area contributed by atoms with Gasteiger partial charge in [-0.25, -0.2) is 9.97 Å². The molecule has 4 nitrogen and oxygen atoms in total. The first-order chi connectivity index (χ1) is 9.20. The van der Waals surface area contributed by atoms with Crippen molar-refractivity contribution in [2.45, 2.75) is 43.9 Å². The molecule has 2 N–H and O–H groups in total. The lowest BCUT2D eigenvalue weighted by Crippen LogP contribution is -2.26. The molecule has 0 aromatic carbocycles. The normalized spacial score (nSPS) is 23.9. The molecule has 2 heterocycles. The Balaban J connectivity index is 2.10. The van der Waals surface area contributed by atoms with Crippen LogP contribution >= 0.6 is 11.8 Å². The molecule has 0 radical (unpaired) electrons. The summed E-state index contributed by atoms with van der Waals surface area (Å²) in [5.74, 6) is 0.610. The van der Waals surface area contributed by atoms with Gasteiger partial charge in [0.15, 0.2) is 5.65 Å². The van der Waals surface area contributed by atoms with Crippen LogP contribution in [-0.4, -0.2) is 26.0 Å². The predicted octanol–water partition coefficient (Wildman–Crippen LogP) is 3.17. The van der Waals surface area contributed by atoms with Gasteiger partial charge in [0.25, 0.3) is 0 Å². The van der Waals surface area contributed by atoms with Crippen molar-refractivity contribution in [2.75, 3.05) is 12.0 Å². The minimum absolute atomic E-state index is 0.434. The number of nitrogens with two attached hydrogens (primary N) is 1. The molecule has 3 rings (SSSR count). The first-order valence-corrected chi connectivity index (χ1v) is 8.12. The van der Waals surface area contributed by atoms with Crippen LogP contribution in [0.4, 0.5) is 5.95 Å². The molecule has 2 aromatic heterocycles. The number of nitrogen functional groups attached to an aromatic ring is 1. The van der Waals surface area contributed by atoms with Crippen molar-refractivity contribution >= 4 is 28.9 Å². The number of hydrogen-bond acceptors (Lipinski definition) is 4. The summed E-state index contributed by atoms with van der Waals surface area (Å²) in [5, 5.41) is 0.622. The highest BCUT2D eigenvalue weighted by atomic mass is 32.2. The molecular weight excluding hydrogens is 256 g/mol. The van der Waals surface area contributed by atoms with Gasteiger partial charge in [-0.1, -0.05) is 12.8 Å². The highest BCUT2D eigenvalue weighted by molar-refractivity contribution is 7.99. The quantitative estimate of drug-likeness (QED) is 0.915. The highest BCUT2D eigenvalue weighted by Gasteiger charge is 2.29. The molecule has 0 spiro atoms. The zero-order valence-corrected chi connectivity index (χ0v) is 12.3. The second kappa shape index (κ2) is 5.04. The Bertz CT molecular complexity index is 592. The number of anilines is 1. The third-order valence-corrected chi connectivity index (χ3v) is 5.15. The number of fused-ring (bicyclic) bond motifs is 1. The van der Waals surface area contributed by atoms with Crippen LogP contribution in [0.5, 0.6) is 0 Å². The van der Waals surface area contributed by atoms with Crippen LogP contribution in [0.1, 0.15) is 37.3 Å². The van der Waals surface area contributed by atoms with E-state index in [4.69, 9.17) is 5.73 Å². The van der Waals surface area contributed by atoms with Crippen LogP contribution in [0.25, 0.3) is 11.2 Å². The number of hydrogen-bond donors (Lipinski definition) is 1. The summed E-state index contributed by atoms with van der Waals surface area (Å²) in [6, 6.07) is 2.50. The van der Waals surface area contributed by atoms with Crippen LogP contribution in [0, 0.1) is 6.92 Å². The van der Waals surface area contributed by atoms with Crippen LogP contribution in [0.15, 0.2) is 12.3 Å². The molecular formula is C14H20N4S. The van der Waals surface area contributed by atoms with E-state index >= 15 is 0 Å². The topological polar surface area (TPSA) is 56.7 Å². The molecule has 2 unspecified atom stereocenters. The summed E-state index contributed by atoms with van der Waals surface area (Å²) in [6.07, 6.45) is 9.12. The van der Waals surface area contributed by atoms with E-state index in [1.807, 2.05) is 24.9 Å². The lowest BCUT2D eigenvalue weighted by molar-refractivity contribution is 0.373. The maximum atomic E-state index is 6.15. The number of imidazole rings is 1. The average molecular weight is 276 g/mol. The van der Waals surface area contributed by atoms with Crippen LogP contribution in [0.2, 0.25) is 0 Å². The minimum atomic E-state index is 0.434. The van der Waals surface area contributed by atoms with Crippen molar-refractivity contribution in [3.05, 3.63) is 17.8 Å². The van der Waals surface area contributed by atoms with E-state index in [1.54, 1.807) is 0 Å². The highest BCUT2D eigenvalue weighted by Crippen LogP contribution is 2.38. The second-order valence-electron chi connectivity index (χ2n) is 5.32. The van der Waals surface area contributed by atoms with Gasteiger partial charge >= 0.3 is 0 Å². The lowest BCUT2D eigenvalue weighted by Gasteiger charge is -2.31. The third-order valence-electron chi connectivity index (χ3n) is 4.00. The molecule has 0 aliphatic heterocycles. The van der Waals surface area contributed by atoms with Gasteiger partial charge in [-0.05, 0) is 37.7 Å². The van der Waals surface area contributed by atoms with Crippen molar-refractivity contribution in [2.24, 2.45) is 0 Å². The maximum Gasteiger partial charge on any atom is 0.202 e. The van der Waals surface area contributed by atoms with Gasteiger partial charge in [0.05, 0.1) is 6.04 Å². The molecule has 102 valence electrons. The van der Waals surface area contributed by atoms with Gasteiger partial charge in [-0.15, -0.1) is 0 Å². The first kappa shape index (κ1) is 12.8. The summed E-state index contributed by atoms with van der Waals surface area (Å²) < 4.78 is 2.16. The fourth-order valence-corrected chi connectivity index (χ4v) is 4.05. The first-order valence-electron chi connectivity index (χ1n) is 6.83. The van der Waals surface area contributed by atoms with E-state index in [-0.39, 0.29) is 0 Å².